The predicted molar refractivity (Wildman–Crippen MR) is 65.1 cm³/mol. The van der Waals surface area contributed by atoms with Crippen LogP contribution in [0.4, 0.5) is 4.39 Å². The normalized spacial score (nSPS) is 12.3. The summed E-state index contributed by atoms with van der Waals surface area (Å²) in [6, 6.07) is 2.17. The van der Waals surface area contributed by atoms with Crippen LogP contribution >= 0.6 is 23.2 Å². The van der Waals surface area contributed by atoms with Crippen molar-refractivity contribution < 1.29 is 14.3 Å². The van der Waals surface area contributed by atoms with Gasteiger partial charge in [0.2, 0.25) is 0 Å². The molecule has 0 spiro atoms. The largest absolute Gasteiger partial charge is 0.393 e. The molecule has 0 aromatic heterocycles. The average Bonchev–Trinajstić information content (AvgIpc) is 2.22. The highest BCUT2D eigenvalue weighted by molar-refractivity contribution is 6.36. The Morgan fingerprint density at radius 3 is 2.71 bits per heavy atom. The van der Waals surface area contributed by atoms with Crippen molar-refractivity contribution in [2.75, 3.05) is 6.54 Å². The quantitative estimate of drug-likeness (QED) is 0.833. The fraction of sp³-hybridized carbons (Fsp3) is 0.364. The van der Waals surface area contributed by atoms with E-state index in [0.29, 0.717) is 6.42 Å². The summed E-state index contributed by atoms with van der Waals surface area (Å²) in [7, 11) is 0. The molecule has 0 bridgehead atoms. The van der Waals surface area contributed by atoms with E-state index in [-0.39, 0.29) is 22.2 Å². The number of aliphatic hydroxyl groups excluding tert-OH is 1. The molecule has 0 saturated heterocycles. The van der Waals surface area contributed by atoms with Gasteiger partial charge in [0.05, 0.1) is 21.7 Å². The Bertz CT molecular complexity index is 424. The Labute approximate surface area is 109 Å². The number of nitrogens with one attached hydrogen (secondary N) is 1. The maximum Gasteiger partial charge on any atom is 0.252 e. The minimum absolute atomic E-state index is 0.0270. The van der Waals surface area contributed by atoms with Crippen LogP contribution in [0.3, 0.4) is 0 Å². The molecular formula is C11H12Cl2FNO2. The van der Waals surface area contributed by atoms with Crippen molar-refractivity contribution in [2.45, 2.75) is 19.4 Å². The molecule has 1 rings (SSSR count). The summed E-state index contributed by atoms with van der Waals surface area (Å²) >= 11 is 11.3. The van der Waals surface area contributed by atoms with E-state index in [1.165, 1.54) is 6.07 Å². The van der Waals surface area contributed by atoms with Gasteiger partial charge in [0, 0.05) is 6.54 Å². The summed E-state index contributed by atoms with van der Waals surface area (Å²) in [6.07, 6.45) is -0.0906. The number of aliphatic hydroxyl groups is 1. The molecule has 3 nitrogen and oxygen atoms in total. The molecule has 2 N–H and O–H groups in total. The maximum absolute atomic E-state index is 13.2. The van der Waals surface area contributed by atoms with Gasteiger partial charge in [-0.25, -0.2) is 4.39 Å². The molecule has 1 unspecified atom stereocenters. The average molecular weight is 280 g/mol. The molecule has 0 aliphatic heterocycles. The lowest BCUT2D eigenvalue weighted by Crippen LogP contribution is -2.26. The van der Waals surface area contributed by atoms with Gasteiger partial charge >= 0.3 is 0 Å². The standard InChI is InChI=1S/C11H12Cl2FNO2/c1-6(16)2-3-15-11(17)7-4-10(14)9(13)5-8(7)12/h4-6,16H,2-3H2,1H3,(H,15,17). The van der Waals surface area contributed by atoms with Crippen LogP contribution in [0.25, 0.3) is 0 Å². The first-order chi connectivity index (χ1) is 7.91. The highest BCUT2D eigenvalue weighted by Crippen LogP contribution is 2.24. The van der Waals surface area contributed by atoms with Gasteiger partial charge in [-0.15, -0.1) is 0 Å². The second-order valence-corrected chi connectivity index (χ2v) is 4.45. The smallest absolute Gasteiger partial charge is 0.252 e. The first-order valence-electron chi connectivity index (χ1n) is 5.02. The summed E-state index contributed by atoms with van der Waals surface area (Å²) in [4.78, 5) is 11.6. The van der Waals surface area contributed by atoms with E-state index < -0.39 is 17.8 Å². The molecule has 0 aliphatic carbocycles. The van der Waals surface area contributed by atoms with Crippen LogP contribution in [0.15, 0.2) is 12.1 Å². The molecule has 1 aromatic carbocycles. The number of carbonyl (C=O) groups is 1. The number of amides is 1. The lowest BCUT2D eigenvalue weighted by molar-refractivity contribution is 0.0945. The fourth-order valence-corrected chi connectivity index (χ4v) is 1.66. The molecule has 0 heterocycles. The van der Waals surface area contributed by atoms with Crippen LogP contribution < -0.4 is 5.32 Å². The van der Waals surface area contributed by atoms with E-state index in [2.05, 4.69) is 5.32 Å². The first kappa shape index (κ1) is 14.2. The molecular weight excluding hydrogens is 268 g/mol. The lowest BCUT2D eigenvalue weighted by atomic mass is 10.2. The van der Waals surface area contributed by atoms with Gasteiger partial charge in [0.25, 0.3) is 5.91 Å². The van der Waals surface area contributed by atoms with Gasteiger partial charge in [-0.2, -0.15) is 0 Å². The molecule has 0 radical (unpaired) electrons. The van der Waals surface area contributed by atoms with Gasteiger partial charge in [0.15, 0.2) is 0 Å². The van der Waals surface area contributed by atoms with Crippen LogP contribution in [0.1, 0.15) is 23.7 Å². The van der Waals surface area contributed by atoms with Crippen molar-refractivity contribution in [3.8, 4) is 0 Å². The topological polar surface area (TPSA) is 49.3 Å². The Balaban J connectivity index is 2.72. The van der Waals surface area contributed by atoms with E-state index in [0.717, 1.165) is 6.07 Å². The highest BCUT2D eigenvalue weighted by Gasteiger charge is 2.13. The lowest BCUT2D eigenvalue weighted by Gasteiger charge is -2.08. The molecule has 1 aromatic rings. The highest BCUT2D eigenvalue weighted by atomic mass is 35.5. The number of benzene rings is 1. The van der Waals surface area contributed by atoms with Crippen LogP contribution in [0.2, 0.25) is 10.0 Å². The van der Waals surface area contributed by atoms with E-state index in [1.807, 2.05) is 0 Å². The van der Waals surface area contributed by atoms with Gasteiger partial charge in [-0.05, 0) is 25.5 Å². The van der Waals surface area contributed by atoms with Crippen molar-refractivity contribution in [3.05, 3.63) is 33.6 Å². The first-order valence-corrected chi connectivity index (χ1v) is 5.78. The number of rotatable bonds is 4. The van der Waals surface area contributed by atoms with E-state index in [4.69, 9.17) is 28.3 Å². The van der Waals surface area contributed by atoms with E-state index >= 15 is 0 Å². The van der Waals surface area contributed by atoms with Crippen molar-refractivity contribution in [1.29, 1.82) is 0 Å². The summed E-state index contributed by atoms with van der Waals surface area (Å²) < 4.78 is 13.2. The van der Waals surface area contributed by atoms with Gasteiger partial charge < -0.3 is 10.4 Å². The van der Waals surface area contributed by atoms with Crippen molar-refractivity contribution >= 4 is 29.1 Å². The van der Waals surface area contributed by atoms with Crippen molar-refractivity contribution in [2.24, 2.45) is 0 Å². The van der Waals surface area contributed by atoms with Gasteiger partial charge in [0.1, 0.15) is 5.82 Å². The molecule has 94 valence electrons. The zero-order valence-corrected chi connectivity index (χ0v) is 10.6. The molecule has 1 atom stereocenters. The number of hydrogen-bond acceptors (Lipinski definition) is 2. The second kappa shape index (κ2) is 6.19. The van der Waals surface area contributed by atoms with Crippen LogP contribution in [-0.2, 0) is 0 Å². The molecule has 1 amide bonds. The monoisotopic (exact) mass is 279 g/mol. The molecule has 17 heavy (non-hydrogen) atoms. The second-order valence-electron chi connectivity index (χ2n) is 3.64. The van der Waals surface area contributed by atoms with Crippen molar-refractivity contribution in [1.82, 2.24) is 5.32 Å². The number of carbonyl (C=O) groups excluding carboxylic acids is 1. The Morgan fingerprint density at radius 1 is 1.47 bits per heavy atom. The van der Waals surface area contributed by atoms with Gasteiger partial charge in [-0.1, -0.05) is 23.2 Å². The minimum Gasteiger partial charge on any atom is -0.393 e. The van der Waals surface area contributed by atoms with Crippen molar-refractivity contribution in [3.63, 3.8) is 0 Å². The third-order valence-electron chi connectivity index (χ3n) is 2.10. The maximum atomic E-state index is 13.2. The van der Waals surface area contributed by atoms with Crippen LogP contribution in [0, 0.1) is 5.82 Å². The van der Waals surface area contributed by atoms with Gasteiger partial charge in [-0.3, -0.25) is 4.79 Å². The van der Waals surface area contributed by atoms with E-state index in [9.17, 15) is 9.18 Å². The van der Waals surface area contributed by atoms with E-state index in [1.54, 1.807) is 6.92 Å². The molecule has 0 fully saturated rings. The number of halogens is 3. The summed E-state index contributed by atoms with van der Waals surface area (Å²) in [5.41, 5.74) is 0.0270. The number of hydrogen-bond donors (Lipinski definition) is 2. The SMILES string of the molecule is CC(O)CCNC(=O)c1cc(F)c(Cl)cc1Cl. The molecule has 0 saturated carbocycles. The van der Waals surface area contributed by atoms with Crippen LogP contribution in [0.5, 0.6) is 0 Å². The summed E-state index contributed by atoms with van der Waals surface area (Å²) in [6.45, 7) is 1.90. The fourth-order valence-electron chi connectivity index (χ4n) is 1.19. The summed E-state index contributed by atoms with van der Waals surface area (Å²) in [5.74, 6) is -1.19. The Hall–Kier alpha value is -0.840. The zero-order chi connectivity index (χ0) is 13.0. The zero-order valence-electron chi connectivity index (χ0n) is 9.14. The summed E-state index contributed by atoms with van der Waals surface area (Å²) in [5, 5.41) is 11.5. The Kier molecular flexibility index (Phi) is 5.18. The minimum atomic E-state index is -0.697. The Morgan fingerprint density at radius 2 is 2.12 bits per heavy atom. The third kappa shape index (κ3) is 4.15. The predicted octanol–water partition coefficient (Wildman–Crippen LogP) is 2.63. The van der Waals surface area contributed by atoms with Crippen LogP contribution in [-0.4, -0.2) is 23.7 Å². The molecule has 0 aliphatic rings. The molecule has 6 heteroatoms. The third-order valence-corrected chi connectivity index (χ3v) is 2.70.